The fourth-order valence-electron chi connectivity index (χ4n) is 3.61. The molecule has 2 fully saturated rings. The number of nitrogens with one attached hydrogen (secondary N) is 1. The molecular formula is C19H25F2N3O3. The highest BCUT2D eigenvalue weighted by Gasteiger charge is 2.26. The summed E-state index contributed by atoms with van der Waals surface area (Å²) in [5, 5.41) is 3.09. The Morgan fingerprint density at radius 2 is 1.70 bits per heavy atom. The van der Waals surface area contributed by atoms with Crippen LogP contribution in [0.15, 0.2) is 24.3 Å². The Labute approximate surface area is 157 Å². The third-order valence-corrected chi connectivity index (χ3v) is 5.09. The number of nitrogens with zero attached hydrogens (tertiary/aromatic N) is 2. The van der Waals surface area contributed by atoms with E-state index < -0.39 is 6.61 Å². The third-order valence-electron chi connectivity index (χ3n) is 5.09. The maximum atomic E-state index is 12.6. The summed E-state index contributed by atoms with van der Waals surface area (Å²) in [4.78, 5) is 28.3. The standard InChI is InChI=1S/C19H25F2N3O3/c20-18(21)27-16-8-4-5-14(13-16)17(25)23-9-11-24(12-10-23)19(26)22-15-6-2-1-3-7-15/h4-5,8,13,15,18H,1-3,6-7,9-12H2,(H,22,26). The van der Waals surface area contributed by atoms with Gasteiger partial charge in [-0.2, -0.15) is 8.78 Å². The van der Waals surface area contributed by atoms with Crippen LogP contribution in [0.25, 0.3) is 0 Å². The largest absolute Gasteiger partial charge is 0.435 e. The molecule has 1 aliphatic heterocycles. The smallest absolute Gasteiger partial charge is 0.387 e. The van der Waals surface area contributed by atoms with Gasteiger partial charge in [-0.3, -0.25) is 4.79 Å². The topological polar surface area (TPSA) is 61.9 Å². The van der Waals surface area contributed by atoms with Crippen LogP contribution in [-0.4, -0.2) is 60.6 Å². The summed E-state index contributed by atoms with van der Waals surface area (Å²) in [5.74, 6) is -0.289. The van der Waals surface area contributed by atoms with Crippen LogP contribution in [0.2, 0.25) is 0 Å². The van der Waals surface area contributed by atoms with E-state index in [0.29, 0.717) is 31.7 Å². The lowest BCUT2D eigenvalue weighted by Gasteiger charge is -2.36. The van der Waals surface area contributed by atoms with Crippen LogP contribution in [-0.2, 0) is 0 Å². The zero-order valence-electron chi connectivity index (χ0n) is 15.2. The number of carbonyl (C=O) groups excluding carboxylic acids is 2. The van der Waals surface area contributed by atoms with Crippen molar-refractivity contribution in [1.29, 1.82) is 0 Å². The molecule has 6 nitrogen and oxygen atoms in total. The van der Waals surface area contributed by atoms with Crippen LogP contribution in [0.4, 0.5) is 13.6 Å². The van der Waals surface area contributed by atoms with Crippen molar-refractivity contribution in [1.82, 2.24) is 15.1 Å². The molecule has 0 bridgehead atoms. The molecular weight excluding hydrogens is 356 g/mol. The number of piperazine rings is 1. The summed E-state index contributed by atoms with van der Waals surface area (Å²) >= 11 is 0. The minimum atomic E-state index is -2.93. The van der Waals surface area contributed by atoms with Gasteiger partial charge in [-0.15, -0.1) is 0 Å². The first-order chi connectivity index (χ1) is 13.0. The van der Waals surface area contributed by atoms with Gasteiger partial charge in [0.05, 0.1) is 0 Å². The van der Waals surface area contributed by atoms with E-state index in [1.54, 1.807) is 15.9 Å². The molecule has 1 heterocycles. The molecule has 148 valence electrons. The van der Waals surface area contributed by atoms with Crippen molar-refractivity contribution in [2.45, 2.75) is 44.8 Å². The normalized spacial score (nSPS) is 18.5. The van der Waals surface area contributed by atoms with E-state index in [2.05, 4.69) is 10.1 Å². The summed E-state index contributed by atoms with van der Waals surface area (Å²) in [5.41, 5.74) is 0.299. The highest BCUT2D eigenvalue weighted by atomic mass is 19.3. The van der Waals surface area contributed by atoms with Gasteiger partial charge in [0.1, 0.15) is 5.75 Å². The van der Waals surface area contributed by atoms with E-state index in [1.807, 2.05) is 0 Å². The Hall–Kier alpha value is -2.38. The molecule has 0 unspecified atom stereocenters. The summed E-state index contributed by atoms with van der Waals surface area (Å²) in [6.45, 7) is -1.19. The lowest BCUT2D eigenvalue weighted by Crippen LogP contribution is -2.54. The number of hydrogen-bond donors (Lipinski definition) is 1. The van der Waals surface area contributed by atoms with Gasteiger partial charge in [-0.25, -0.2) is 4.79 Å². The van der Waals surface area contributed by atoms with Gasteiger partial charge in [0.2, 0.25) is 0 Å². The van der Waals surface area contributed by atoms with Crippen molar-refractivity contribution >= 4 is 11.9 Å². The van der Waals surface area contributed by atoms with E-state index in [4.69, 9.17) is 0 Å². The first-order valence-corrected chi connectivity index (χ1v) is 9.42. The summed E-state index contributed by atoms with van der Waals surface area (Å²) < 4.78 is 29.0. The zero-order chi connectivity index (χ0) is 19.2. The molecule has 0 spiro atoms. The van der Waals surface area contributed by atoms with Crippen LogP contribution >= 0.6 is 0 Å². The van der Waals surface area contributed by atoms with Crippen molar-refractivity contribution in [2.75, 3.05) is 26.2 Å². The van der Waals surface area contributed by atoms with Crippen molar-refractivity contribution in [3.05, 3.63) is 29.8 Å². The van der Waals surface area contributed by atoms with Gasteiger partial charge in [-0.05, 0) is 31.0 Å². The quantitative estimate of drug-likeness (QED) is 0.872. The molecule has 1 saturated heterocycles. The molecule has 1 aromatic rings. The maximum Gasteiger partial charge on any atom is 0.387 e. The number of halogens is 2. The average molecular weight is 381 g/mol. The van der Waals surface area contributed by atoms with Gasteiger partial charge in [0.15, 0.2) is 0 Å². The minimum Gasteiger partial charge on any atom is -0.435 e. The molecule has 0 radical (unpaired) electrons. The molecule has 3 amide bonds. The van der Waals surface area contributed by atoms with Crippen molar-refractivity contribution < 1.29 is 23.1 Å². The Bertz CT molecular complexity index is 657. The summed E-state index contributed by atoms with van der Waals surface area (Å²) in [7, 11) is 0. The van der Waals surface area contributed by atoms with Crippen molar-refractivity contribution in [3.63, 3.8) is 0 Å². The van der Waals surface area contributed by atoms with Crippen LogP contribution in [0.3, 0.4) is 0 Å². The van der Waals surface area contributed by atoms with Gasteiger partial charge in [0, 0.05) is 37.8 Å². The molecule has 1 aliphatic carbocycles. The monoisotopic (exact) mass is 381 g/mol. The molecule has 2 aliphatic rings. The van der Waals surface area contributed by atoms with E-state index in [0.717, 1.165) is 25.7 Å². The van der Waals surface area contributed by atoms with Crippen LogP contribution in [0.5, 0.6) is 5.75 Å². The van der Waals surface area contributed by atoms with Gasteiger partial charge >= 0.3 is 12.6 Å². The molecule has 27 heavy (non-hydrogen) atoms. The van der Waals surface area contributed by atoms with E-state index in [9.17, 15) is 18.4 Å². The molecule has 1 saturated carbocycles. The molecule has 3 rings (SSSR count). The summed E-state index contributed by atoms with van der Waals surface area (Å²) in [6.07, 6.45) is 5.60. The van der Waals surface area contributed by atoms with Crippen molar-refractivity contribution in [3.8, 4) is 5.75 Å². The first-order valence-electron chi connectivity index (χ1n) is 9.42. The second-order valence-corrected chi connectivity index (χ2v) is 6.97. The number of ether oxygens (including phenoxy) is 1. The van der Waals surface area contributed by atoms with E-state index in [1.165, 1.54) is 24.6 Å². The molecule has 0 aromatic heterocycles. The first kappa shape index (κ1) is 19.4. The van der Waals surface area contributed by atoms with Gasteiger partial charge in [-0.1, -0.05) is 25.3 Å². The van der Waals surface area contributed by atoms with Gasteiger partial charge < -0.3 is 19.9 Å². The fraction of sp³-hybridized carbons (Fsp3) is 0.579. The minimum absolute atomic E-state index is 0.0404. The van der Waals surface area contributed by atoms with E-state index >= 15 is 0 Å². The Balaban J connectivity index is 1.51. The number of rotatable bonds is 4. The Morgan fingerprint density at radius 1 is 1.04 bits per heavy atom. The molecule has 1 aromatic carbocycles. The lowest BCUT2D eigenvalue weighted by atomic mass is 9.96. The second-order valence-electron chi connectivity index (χ2n) is 6.97. The number of carbonyl (C=O) groups is 2. The SMILES string of the molecule is O=C(NC1CCCCC1)N1CCN(C(=O)c2cccc(OC(F)F)c2)CC1. The third kappa shape index (κ3) is 5.30. The maximum absolute atomic E-state index is 12.6. The Morgan fingerprint density at radius 3 is 2.37 bits per heavy atom. The van der Waals surface area contributed by atoms with Crippen LogP contribution in [0.1, 0.15) is 42.5 Å². The zero-order valence-corrected chi connectivity index (χ0v) is 15.2. The predicted octanol–water partition coefficient (Wildman–Crippen LogP) is 3.09. The number of alkyl halides is 2. The lowest BCUT2D eigenvalue weighted by molar-refractivity contribution is -0.0499. The van der Waals surface area contributed by atoms with E-state index in [-0.39, 0.29) is 23.7 Å². The average Bonchev–Trinajstić information content (AvgIpc) is 2.68. The Kier molecular flexibility index (Phi) is 6.47. The molecule has 1 N–H and O–H groups in total. The number of amides is 3. The van der Waals surface area contributed by atoms with Crippen molar-refractivity contribution in [2.24, 2.45) is 0 Å². The second kappa shape index (κ2) is 9.01. The van der Waals surface area contributed by atoms with Crippen LogP contribution in [0, 0.1) is 0 Å². The molecule has 8 heteroatoms. The summed E-state index contributed by atoms with van der Waals surface area (Å²) in [6, 6.07) is 5.97. The highest BCUT2D eigenvalue weighted by Crippen LogP contribution is 2.19. The predicted molar refractivity (Wildman–Crippen MR) is 96.0 cm³/mol. The van der Waals surface area contributed by atoms with Crippen LogP contribution < -0.4 is 10.1 Å². The fourth-order valence-corrected chi connectivity index (χ4v) is 3.61. The number of hydrogen-bond acceptors (Lipinski definition) is 3. The van der Waals surface area contributed by atoms with Gasteiger partial charge in [0.25, 0.3) is 5.91 Å². The number of urea groups is 1. The highest BCUT2D eigenvalue weighted by molar-refractivity contribution is 5.94. The molecule has 0 atom stereocenters. The number of benzene rings is 1.